The summed E-state index contributed by atoms with van der Waals surface area (Å²) < 4.78 is 0. The number of amidine groups is 1. The van der Waals surface area contributed by atoms with E-state index in [1.165, 1.54) is 16.7 Å². The maximum absolute atomic E-state index is 12.4. The molecule has 2 aromatic carbocycles. The number of amides is 2. The molecule has 26 heavy (non-hydrogen) atoms. The third kappa shape index (κ3) is 4.58. The third-order valence-corrected chi connectivity index (χ3v) is 5.42. The highest BCUT2D eigenvalue weighted by Crippen LogP contribution is 2.31. The Kier molecular flexibility index (Phi) is 5.86. The number of halogens is 2. The normalized spacial score (nSPS) is 18.4. The van der Waals surface area contributed by atoms with Crippen LogP contribution in [0.2, 0.25) is 10.0 Å². The number of carbonyl (C=O) groups excluding carboxylic acids is 2. The van der Waals surface area contributed by atoms with E-state index in [1.54, 1.807) is 55.6 Å². The van der Waals surface area contributed by atoms with Crippen molar-refractivity contribution in [2.75, 3.05) is 12.4 Å². The number of thioether (sulfide) groups is 1. The van der Waals surface area contributed by atoms with Gasteiger partial charge in [0.25, 0.3) is 0 Å². The quantitative estimate of drug-likeness (QED) is 0.806. The van der Waals surface area contributed by atoms with Crippen LogP contribution in [0.15, 0.2) is 53.5 Å². The van der Waals surface area contributed by atoms with Crippen LogP contribution in [0, 0.1) is 0 Å². The summed E-state index contributed by atoms with van der Waals surface area (Å²) in [6.45, 7) is 0. The van der Waals surface area contributed by atoms with E-state index in [-0.39, 0.29) is 18.2 Å². The van der Waals surface area contributed by atoms with Gasteiger partial charge in [-0.15, -0.1) is 0 Å². The summed E-state index contributed by atoms with van der Waals surface area (Å²) in [5.74, 6) is -0.381. The summed E-state index contributed by atoms with van der Waals surface area (Å²) in [5, 5.41) is 4.03. The van der Waals surface area contributed by atoms with Crippen LogP contribution >= 0.6 is 35.0 Å². The van der Waals surface area contributed by atoms with E-state index in [0.717, 1.165) is 0 Å². The number of hydrogen-bond acceptors (Lipinski definition) is 4. The standard InChI is InChI=1S/C18H15Cl2N3O2S/c1-23-17(25)15(10-16(24)21-13-6-2-11(19)3-7-13)26-18(23)22-14-8-4-12(20)5-9-14/h2-9,15H,10H2,1H3,(H,21,24)/t15-/m1/s1. The van der Waals surface area contributed by atoms with Gasteiger partial charge < -0.3 is 5.32 Å². The molecule has 0 spiro atoms. The lowest BCUT2D eigenvalue weighted by Gasteiger charge is -2.09. The second-order valence-electron chi connectivity index (χ2n) is 5.63. The van der Waals surface area contributed by atoms with E-state index in [4.69, 9.17) is 23.2 Å². The van der Waals surface area contributed by atoms with Crippen LogP contribution in [0.5, 0.6) is 0 Å². The van der Waals surface area contributed by atoms with E-state index in [9.17, 15) is 9.59 Å². The van der Waals surface area contributed by atoms with Crippen molar-refractivity contribution in [1.82, 2.24) is 4.90 Å². The van der Waals surface area contributed by atoms with Crippen LogP contribution in [0.3, 0.4) is 0 Å². The van der Waals surface area contributed by atoms with E-state index in [2.05, 4.69) is 10.3 Å². The van der Waals surface area contributed by atoms with Gasteiger partial charge >= 0.3 is 0 Å². The van der Waals surface area contributed by atoms with Gasteiger partial charge in [0, 0.05) is 29.2 Å². The monoisotopic (exact) mass is 407 g/mol. The summed E-state index contributed by atoms with van der Waals surface area (Å²) in [6, 6.07) is 13.8. The summed E-state index contributed by atoms with van der Waals surface area (Å²) in [5.41, 5.74) is 1.33. The van der Waals surface area contributed by atoms with Crippen LogP contribution in [0.4, 0.5) is 11.4 Å². The number of aliphatic imine (C=N–C) groups is 1. The molecule has 8 heteroatoms. The number of carbonyl (C=O) groups is 2. The minimum Gasteiger partial charge on any atom is -0.326 e. The fourth-order valence-corrected chi connectivity index (χ4v) is 3.74. The zero-order valence-electron chi connectivity index (χ0n) is 13.8. The van der Waals surface area contributed by atoms with Crippen LogP contribution in [0.25, 0.3) is 0 Å². The van der Waals surface area contributed by atoms with Gasteiger partial charge in [0.15, 0.2) is 5.17 Å². The summed E-state index contributed by atoms with van der Waals surface area (Å²) in [7, 11) is 1.65. The molecule has 0 bridgehead atoms. The minimum atomic E-state index is -0.502. The number of nitrogens with zero attached hydrogens (tertiary/aromatic N) is 2. The number of benzene rings is 2. The molecule has 3 rings (SSSR count). The molecule has 0 aliphatic carbocycles. The van der Waals surface area contributed by atoms with Crippen LogP contribution in [-0.2, 0) is 9.59 Å². The fourth-order valence-electron chi connectivity index (χ4n) is 2.34. The molecule has 1 fully saturated rings. The van der Waals surface area contributed by atoms with Gasteiger partial charge in [0.05, 0.1) is 5.69 Å². The Morgan fingerprint density at radius 2 is 1.69 bits per heavy atom. The van der Waals surface area contributed by atoms with E-state index in [1.807, 2.05) is 0 Å². The largest absolute Gasteiger partial charge is 0.326 e. The van der Waals surface area contributed by atoms with Crippen molar-refractivity contribution in [3.05, 3.63) is 58.6 Å². The molecule has 2 aromatic rings. The molecule has 0 radical (unpaired) electrons. The van der Waals surface area contributed by atoms with Crippen molar-refractivity contribution in [2.24, 2.45) is 4.99 Å². The van der Waals surface area contributed by atoms with Crippen LogP contribution in [0.1, 0.15) is 6.42 Å². The summed E-state index contributed by atoms with van der Waals surface area (Å²) in [6.07, 6.45) is 0.0656. The Bertz CT molecular complexity index is 854. The number of hydrogen-bond donors (Lipinski definition) is 1. The summed E-state index contributed by atoms with van der Waals surface area (Å²) in [4.78, 5) is 30.6. The van der Waals surface area contributed by atoms with Crippen molar-refractivity contribution in [3.63, 3.8) is 0 Å². The molecule has 2 amide bonds. The lowest BCUT2D eigenvalue weighted by atomic mass is 10.2. The maximum Gasteiger partial charge on any atom is 0.242 e. The molecule has 0 aromatic heterocycles. The molecule has 1 saturated heterocycles. The van der Waals surface area contributed by atoms with Crippen molar-refractivity contribution in [2.45, 2.75) is 11.7 Å². The van der Waals surface area contributed by atoms with Gasteiger partial charge in [-0.25, -0.2) is 4.99 Å². The minimum absolute atomic E-state index is 0.0656. The Morgan fingerprint density at radius 1 is 1.12 bits per heavy atom. The third-order valence-electron chi connectivity index (χ3n) is 3.69. The SMILES string of the molecule is CN1C(=O)[C@@H](CC(=O)Nc2ccc(Cl)cc2)SC1=Nc1ccc(Cl)cc1. The van der Waals surface area contributed by atoms with Gasteiger partial charge in [-0.2, -0.15) is 0 Å². The molecule has 5 nitrogen and oxygen atoms in total. The lowest BCUT2D eigenvalue weighted by Crippen LogP contribution is -2.30. The first-order valence-electron chi connectivity index (χ1n) is 7.76. The fraction of sp³-hybridized carbons (Fsp3) is 0.167. The Balaban J connectivity index is 1.65. The van der Waals surface area contributed by atoms with Gasteiger partial charge in [0.1, 0.15) is 5.25 Å². The van der Waals surface area contributed by atoms with Crippen molar-refractivity contribution < 1.29 is 9.59 Å². The second kappa shape index (κ2) is 8.12. The topological polar surface area (TPSA) is 61.8 Å². The first-order chi connectivity index (χ1) is 12.4. The van der Waals surface area contributed by atoms with E-state index >= 15 is 0 Å². The second-order valence-corrected chi connectivity index (χ2v) is 7.68. The Labute approximate surface area is 165 Å². The highest BCUT2D eigenvalue weighted by Gasteiger charge is 2.36. The van der Waals surface area contributed by atoms with Crippen molar-refractivity contribution in [3.8, 4) is 0 Å². The predicted molar refractivity (Wildman–Crippen MR) is 107 cm³/mol. The van der Waals surface area contributed by atoms with Gasteiger partial charge in [0.2, 0.25) is 11.8 Å². The molecule has 0 saturated carbocycles. The molecular formula is C18H15Cl2N3O2S. The highest BCUT2D eigenvalue weighted by atomic mass is 35.5. The molecule has 1 atom stereocenters. The first kappa shape index (κ1) is 18.8. The number of rotatable bonds is 4. The average molecular weight is 408 g/mol. The van der Waals surface area contributed by atoms with Crippen LogP contribution < -0.4 is 5.32 Å². The van der Waals surface area contributed by atoms with E-state index in [0.29, 0.717) is 26.6 Å². The first-order valence-corrected chi connectivity index (χ1v) is 9.40. The van der Waals surface area contributed by atoms with Gasteiger partial charge in [-0.1, -0.05) is 35.0 Å². The molecule has 1 aliphatic heterocycles. The molecule has 134 valence electrons. The zero-order chi connectivity index (χ0) is 18.7. The van der Waals surface area contributed by atoms with Crippen LogP contribution in [-0.4, -0.2) is 34.2 Å². The zero-order valence-corrected chi connectivity index (χ0v) is 16.1. The highest BCUT2D eigenvalue weighted by molar-refractivity contribution is 8.15. The molecular weight excluding hydrogens is 393 g/mol. The maximum atomic E-state index is 12.4. The molecule has 1 heterocycles. The predicted octanol–water partition coefficient (Wildman–Crippen LogP) is 4.58. The number of anilines is 1. The number of nitrogens with one attached hydrogen (secondary N) is 1. The average Bonchev–Trinajstić information content (AvgIpc) is 2.87. The van der Waals surface area contributed by atoms with Gasteiger partial charge in [-0.05, 0) is 48.5 Å². The molecule has 1 aliphatic rings. The molecule has 0 unspecified atom stereocenters. The Morgan fingerprint density at radius 3 is 2.31 bits per heavy atom. The smallest absolute Gasteiger partial charge is 0.242 e. The summed E-state index contributed by atoms with van der Waals surface area (Å²) >= 11 is 13.0. The van der Waals surface area contributed by atoms with Crippen molar-refractivity contribution in [1.29, 1.82) is 0 Å². The van der Waals surface area contributed by atoms with Crippen molar-refractivity contribution >= 4 is 63.3 Å². The Hall–Kier alpha value is -2.02. The van der Waals surface area contributed by atoms with Gasteiger partial charge in [-0.3, -0.25) is 14.5 Å². The lowest BCUT2D eigenvalue weighted by molar-refractivity contribution is -0.127. The van der Waals surface area contributed by atoms with E-state index < -0.39 is 5.25 Å². The molecule has 1 N–H and O–H groups in total.